The molecule has 1 heterocycles. The molecule has 2 aromatic rings. The van der Waals surface area contributed by atoms with Gasteiger partial charge in [-0.2, -0.15) is 0 Å². The first kappa shape index (κ1) is 22.5. The molecule has 3 rings (SSSR count). The molecule has 2 N–H and O–H groups in total. The molecule has 1 saturated heterocycles. The molecule has 1 aliphatic heterocycles. The van der Waals surface area contributed by atoms with Crippen molar-refractivity contribution in [3.05, 3.63) is 60.2 Å². The second-order valence-electron chi connectivity index (χ2n) is 7.41. The number of nitrogens with one attached hydrogen (secondary N) is 2. The van der Waals surface area contributed by atoms with Crippen LogP contribution in [0.4, 0.5) is 0 Å². The number of carbonyl (C=O) groups is 1. The van der Waals surface area contributed by atoms with Gasteiger partial charge in [0.15, 0.2) is 5.96 Å². The van der Waals surface area contributed by atoms with Crippen molar-refractivity contribution in [3.63, 3.8) is 0 Å². The van der Waals surface area contributed by atoms with Crippen LogP contribution in [0.2, 0.25) is 0 Å². The lowest BCUT2D eigenvalue weighted by Crippen LogP contribution is -2.47. The monoisotopic (exact) mass is 424 g/mol. The first-order chi connectivity index (χ1) is 15.2. The molecule has 0 spiro atoms. The molecule has 0 aromatic heterocycles. The second-order valence-corrected chi connectivity index (χ2v) is 7.41. The molecule has 1 amide bonds. The lowest BCUT2D eigenvalue weighted by atomic mass is 10.1. The summed E-state index contributed by atoms with van der Waals surface area (Å²) in [5.41, 5.74) is 1.02. The molecule has 1 aliphatic rings. The number of piperidine rings is 1. The number of aliphatic imine (C=N–C) groups is 1. The molecule has 0 aliphatic carbocycles. The van der Waals surface area contributed by atoms with Crippen molar-refractivity contribution in [1.29, 1.82) is 0 Å². The summed E-state index contributed by atoms with van der Waals surface area (Å²) in [5, 5.41) is 6.22. The molecule has 0 bridgehead atoms. The number of methoxy groups -OCH3 is 1. The van der Waals surface area contributed by atoms with Gasteiger partial charge in [0.2, 0.25) is 5.91 Å². The Morgan fingerprint density at radius 2 is 1.74 bits per heavy atom. The highest BCUT2D eigenvalue weighted by Gasteiger charge is 2.22. The summed E-state index contributed by atoms with van der Waals surface area (Å²) in [5.74, 6) is 2.39. The minimum Gasteiger partial charge on any atom is -0.497 e. The van der Waals surface area contributed by atoms with Gasteiger partial charge in [-0.15, -0.1) is 0 Å². The Bertz CT molecular complexity index is 832. The third kappa shape index (κ3) is 7.20. The van der Waals surface area contributed by atoms with Gasteiger partial charge < -0.3 is 25.0 Å². The standard InChI is InChI=1S/C24H32N4O3/c1-3-25-24(27-18-23(29)26-17-19-9-11-20(30-2)12-10-19)28-15-13-22(14-16-28)31-21-7-5-4-6-8-21/h4-12,22H,3,13-18H2,1-2H3,(H,25,27)(H,26,29). The number of hydrogen-bond acceptors (Lipinski definition) is 4. The van der Waals surface area contributed by atoms with Crippen LogP contribution in [0, 0.1) is 0 Å². The van der Waals surface area contributed by atoms with Crippen LogP contribution >= 0.6 is 0 Å². The van der Waals surface area contributed by atoms with E-state index < -0.39 is 0 Å². The molecular formula is C24H32N4O3. The zero-order chi connectivity index (χ0) is 21.9. The van der Waals surface area contributed by atoms with E-state index in [1.54, 1.807) is 7.11 Å². The number of ether oxygens (including phenoxy) is 2. The number of para-hydroxylation sites is 1. The average Bonchev–Trinajstić information content (AvgIpc) is 2.82. The van der Waals surface area contributed by atoms with Gasteiger partial charge in [-0.3, -0.25) is 4.79 Å². The minimum atomic E-state index is -0.103. The van der Waals surface area contributed by atoms with Crippen LogP contribution in [-0.2, 0) is 11.3 Å². The van der Waals surface area contributed by atoms with E-state index in [9.17, 15) is 4.79 Å². The summed E-state index contributed by atoms with van der Waals surface area (Å²) >= 11 is 0. The maximum atomic E-state index is 12.3. The normalized spacial score (nSPS) is 14.8. The summed E-state index contributed by atoms with van der Waals surface area (Å²) in [6, 6.07) is 17.6. The highest BCUT2D eigenvalue weighted by Crippen LogP contribution is 2.18. The zero-order valence-corrected chi connectivity index (χ0v) is 18.3. The van der Waals surface area contributed by atoms with Gasteiger partial charge in [-0.25, -0.2) is 4.99 Å². The van der Waals surface area contributed by atoms with E-state index in [0.717, 1.165) is 55.5 Å². The van der Waals surface area contributed by atoms with E-state index in [4.69, 9.17) is 9.47 Å². The molecule has 0 atom stereocenters. The zero-order valence-electron chi connectivity index (χ0n) is 18.3. The van der Waals surface area contributed by atoms with Gasteiger partial charge in [0.25, 0.3) is 0 Å². The molecule has 0 saturated carbocycles. The number of nitrogens with zero attached hydrogens (tertiary/aromatic N) is 2. The summed E-state index contributed by atoms with van der Waals surface area (Å²) < 4.78 is 11.2. The van der Waals surface area contributed by atoms with E-state index in [2.05, 4.69) is 20.5 Å². The highest BCUT2D eigenvalue weighted by molar-refractivity contribution is 5.85. The highest BCUT2D eigenvalue weighted by atomic mass is 16.5. The third-order valence-corrected chi connectivity index (χ3v) is 5.14. The first-order valence-electron chi connectivity index (χ1n) is 10.8. The number of likely N-dealkylation sites (tertiary alicyclic amines) is 1. The van der Waals surface area contributed by atoms with Crippen LogP contribution in [0.5, 0.6) is 11.5 Å². The number of amides is 1. The van der Waals surface area contributed by atoms with Gasteiger partial charge in [0, 0.05) is 39.0 Å². The van der Waals surface area contributed by atoms with Crippen LogP contribution in [0.1, 0.15) is 25.3 Å². The second kappa shape index (κ2) is 11.8. The van der Waals surface area contributed by atoms with Gasteiger partial charge in [0.05, 0.1) is 7.11 Å². The summed E-state index contributed by atoms with van der Waals surface area (Å²) in [4.78, 5) is 19.0. The van der Waals surface area contributed by atoms with Gasteiger partial charge in [-0.05, 0) is 36.8 Å². The largest absolute Gasteiger partial charge is 0.497 e. The van der Waals surface area contributed by atoms with Crippen LogP contribution in [0.25, 0.3) is 0 Å². The van der Waals surface area contributed by atoms with Crippen LogP contribution in [0.3, 0.4) is 0 Å². The Balaban J connectivity index is 1.46. The van der Waals surface area contributed by atoms with E-state index >= 15 is 0 Å². The lowest BCUT2D eigenvalue weighted by molar-refractivity contribution is -0.119. The number of benzene rings is 2. The maximum absolute atomic E-state index is 12.3. The van der Waals surface area contributed by atoms with E-state index in [-0.39, 0.29) is 18.6 Å². The van der Waals surface area contributed by atoms with Crippen molar-refractivity contribution in [2.75, 3.05) is 33.3 Å². The Kier molecular flexibility index (Phi) is 8.58. The maximum Gasteiger partial charge on any atom is 0.242 e. The molecule has 31 heavy (non-hydrogen) atoms. The fourth-order valence-corrected chi connectivity index (χ4v) is 3.45. The predicted octanol–water partition coefficient (Wildman–Crippen LogP) is 2.82. The quantitative estimate of drug-likeness (QED) is 0.504. The van der Waals surface area contributed by atoms with Gasteiger partial charge >= 0.3 is 0 Å². The van der Waals surface area contributed by atoms with Crippen molar-refractivity contribution in [2.45, 2.75) is 32.4 Å². The van der Waals surface area contributed by atoms with Crippen molar-refractivity contribution in [1.82, 2.24) is 15.5 Å². The Morgan fingerprint density at radius 3 is 2.39 bits per heavy atom. The van der Waals surface area contributed by atoms with Crippen LogP contribution in [-0.4, -0.2) is 56.2 Å². The summed E-state index contributed by atoms with van der Waals surface area (Å²) in [7, 11) is 1.63. The SMILES string of the molecule is CCNC(=NCC(=O)NCc1ccc(OC)cc1)N1CCC(Oc2ccccc2)CC1. The lowest BCUT2D eigenvalue weighted by Gasteiger charge is -2.34. The smallest absolute Gasteiger partial charge is 0.242 e. The fourth-order valence-electron chi connectivity index (χ4n) is 3.45. The molecular weight excluding hydrogens is 392 g/mol. The van der Waals surface area contributed by atoms with E-state index in [1.807, 2.05) is 61.5 Å². The van der Waals surface area contributed by atoms with E-state index in [1.165, 1.54) is 0 Å². The van der Waals surface area contributed by atoms with Gasteiger partial charge in [-0.1, -0.05) is 30.3 Å². The predicted molar refractivity (Wildman–Crippen MR) is 122 cm³/mol. The van der Waals surface area contributed by atoms with Crippen molar-refractivity contribution >= 4 is 11.9 Å². The third-order valence-electron chi connectivity index (χ3n) is 5.14. The van der Waals surface area contributed by atoms with Crippen molar-refractivity contribution in [3.8, 4) is 11.5 Å². The molecule has 7 heteroatoms. The molecule has 0 radical (unpaired) electrons. The molecule has 7 nitrogen and oxygen atoms in total. The summed E-state index contributed by atoms with van der Waals surface area (Å²) in [6.07, 6.45) is 2.04. The topological polar surface area (TPSA) is 75.2 Å². The molecule has 0 unspecified atom stereocenters. The molecule has 166 valence electrons. The molecule has 2 aromatic carbocycles. The Morgan fingerprint density at radius 1 is 1.03 bits per heavy atom. The minimum absolute atomic E-state index is 0.0962. The average molecular weight is 425 g/mol. The fraction of sp³-hybridized carbons (Fsp3) is 0.417. The Labute approximate surface area is 184 Å². The molecule has 1 fully saturated rings. The number of rotatable bonds is 8. The van der Waals surface area contributed by atoms with Gasteiger partial charge in [0.1, 0.15) is 24.1 Å². The number of hydrogen-bond donors (Lipinski definition) is 2. The van der Waals surface area contributed by atoms with Crippen LogP contribution in [0.15, 0.2) is 59.6 Å². The first-order valence-corrected chi connectivity index (χ1v) is 10.8. The van der Waals surface area contributed by atoms with E-state index in [0.29, 0.717) is 6.54 Å². The number of guanidine groups is 1. The van der Waals surface area contributed by atoms with Crippen molar-refractivity contribution in [2.24, 2.45) is 4.99 Å². The summed E-state index contributed by atoms with van der Waals surface area (Å²) in [6.45, 7) is 5.04. The van der Waals surface area contributed by atoms with Crippen molar-refractivity contribution < 1.29 is 14.3 Å². The van der Waals surface area contributed by atoms with Crippen LogP contribution < -0.4 is 20.1 Å². The Hall–Kier alpha value is -3.22. The number of carbonyl (C=O) groups excluding carboxylic acids is 1.